The zero-order valence-corrected chi connectivity index (χ0v) is 6.55. The molecule has 2 aliphatic rings. The molecule has 1 radical (unpaired) electrons. The van der Waals surface area contributed by atoms with Crippen LogP contribution in [0.1, 0.15) is 25.7 Å². The average molecular weight is 153 g/mol. The van der Waals surface area contributed by atoms with Crippen molar-refractivity contribution in [2.45, 2.75) is 31.7 Å². The maximum atomic E-state index is 10.8. The number of fused-ring (bicyclic) bond motifs is 1. The molecule has 2 fully saturated rings. The van der Waals surface area contributed by atoms with Gasteiger partial charge in [-0.05, 0) is 18.8 Å². The number of urea groups is 1. The molecule has 1 saturated carbocycles. The van der Waals surface area contributed by atoms with Crippen LogP contribution in [0.5, 0.6) is 0 Å². The third-order valence-corrected chi connectivity index (χ3v) is 2.69. The van der Waals surface area contributed by atoms with Gasteiger partial charge in [0.05, 0.1) is 0 Å². The Bertz CT molecular complexity index is 169. The van der Waals surface area contributed by atoms with Crippen molar-refractivity contribution < 1.29 is 4.79 Å². The largest absolute Gasteiger partial charge is 0.336 e. The topological polar surface area (TPSA) is 43.2 Å². The van der Waals surface area contributed by atoms with Crippen molar-refractivity contribution in [2.24, 2.45) is 5.92 Å². The highest BCUT2D eigenvalue weighted by molar-refractivity contribution is 5.74. The maximum absolute atomic E-state index is 10.8. The number of hydrogen-bond donors (Lipinski definition) is 1. The molecule has 1 aliphatic carbocycles. The van der Waals surface area contributed by atoms with E-state index >= 15 is 0 Å². The number of rotatable bonds is 0. The summed E-state index contributed by atoms with van der Waals surface area (Å²) in [7, 11) is 0. The smallest absolute Gasteiger partial charge is 0.333 e. The normalized spacial score (nSPS) is 36.9. The molecule has 1 heterocycles. The standard InChI is InChI=1S/C8H13N2O/c11-8-9-5-6-3-1-2-4-7(6)10-8/h6-7H,1-5H2,(H,10,11). The first kappa shape index (κ1) is 6.95. The lowest BCUT2D eigenvalue weighted by atomic mass is 9.83. The molecule has 3 heteroatoms. The van der Waals surface area contributed by atoms with Gasteiger partial charge in [-0.25, -0.2) is 10.1 Å². The van der Waals surface area contributed by atoms with Crippen LogP contribution in [0.4, 0.5) is 4.79 Å². The quantitative estimate of drug-likeness (QED) is 0.551. The van der Waals surface area contributed by atoms with Gasteiger partial charge in [0.1, 0.15) is 0 Å². The molecule has 1 aliphatic heterocycles. The van der Waals surface area contributed by atoms with Crippen LogP contribution >= 0.6 is 0 Å². The first-order valence-corrected chi connectivity index (χ1v) is 4.34. The fourth-order valence-corrected chi connectivity index (χ4v) is 2.02. The molecular weight excluding hydrogens is 140 g/mol. The summed E-state index contributed by atoms with van der Waals surface area (Å²) in [6.07, 6.45) is 4.98. The Balaban J connectivity index is 1.98. The molecule has 0 bridgehead atoms. The Morgan fingerprint density at radius 1 is 1.36 bits per heavy atom. The van der Waals surface area contributed by atoms with Crippen molar-refractivity contribution in [2.75, 3.05) is 6.54 Å². The molecule has 0 spiro atoms. The second kappa shape index (κ2) is 2.72. The van der Waals surface area contributed by atoms with E-state index in [0.29, 0.717) is 12.0 Å². The summed E-state index contributed by atoms with van der Waals surface area (Å²) in [5.41, 5.74) is 0. The van der Waals surface area contributed by atoms with Crippen LogP contribution < -0.4 is 10.6 Å². The Hall–Kier alpha value is -0.730. The Morgan fingerprint density at radius 2 is 2.18 bits per heavy atom. The van der Waals surface area contributed by atoms with Crippen molar-refractivity contribution in [1.82, 2.24) is 10.6 Å². The van der Waals surface area contributed by atoms with Crippen molar-refractivity contribution in [1.29, 1.82) is 0 Å². The van der Waals surface area contributed by atoms with E-state index in [0.717, 1.165) is 13.0 Å². The lowest BCUT2D eigenvalue weighted by Crippen LogP contribution is -2.52. The summed E-state index contributed by atoms with van der Waals surface area (Å²) >= 11 is 0. The number of nitrogens with zero attached hydrogens (tertiary/aromatic N) is 1. The first-order chi connectivity index (χ1) is 5.36. The van der Waals surface area contributed by atoms with Crippen molar-refractivity contribution in [3.05, 3.63) is 0 Å². The maximum Gasteiger partial charge on any atom is 0.336 e. The predicted octanol–water partition coefficient (Wildman–Crippen LogP) is 0.873. The van der Waals surface area contributed by atoms with Crippen LogP contribution in [0.25, 0.3) is 0 Å². The first-order valence-electron chi connectivity index (χ1n) is 4.34. The summed E-state index contributed by atoms with van der Waals surface area (Å²) in [6, 6.07) is 0.335. The highest BCUT2D eigenvalue weighted by Crippen LogP contribution is 2.25. The number of nitrogens with one attached hydrogen (secondary N) is 1. The molecule has 0 aromatic rings. The number of carbonyl (C=O) groups is 1. The zero-order chi connectivity index (χ0) is 7.68. The highest BCUT2D eigenvalue weighted by Gasteiger charge is 2.30. The van der Waals surface area contributed by atoms with Crippen molar-refractivity contribution in [3.8, 4) is 0 Å². The van der Waals surface area contributed by atoms with Gasteiger partial charge in [0, 0.05) is 12.6 Å². The van der Waals surface area contributed by atoms with E-state index in [-0.39, 0.29) is 6.03 Å². The molecule has 0 aromatic heterocycles. The highest BCUT2D eigenvalue weighted by atomic mass is 16.2. The SMILES string of the molecule is O=C1[N]CC2CCCCC2N1. The summed E-state index contributed by atoms with van der Waals surface area (Å²) in [4.78, 5) is 10.8. The van der Waals surface area contributed by atoms with Gasteiger partial charge < -0.3 is 5.32 Å². The molecule has 1 saturated heterocycles. The molecule has 3 nitrogen and oxygen atoms in total. The third-order valence-electron chi connectivity index (χ3n) is 2.69. The van der Waals surface area contributed by atoms with Crippen LogP contribution in [0.3, 0.4) is 0 Å². The molecule has 2 rings (SSSR count). The molecule has 2 atom stereocenters. The minimum Gasteiger partial charge on any atom is -0.333 e. The van der Waals surface area contributed by atoms with Crippen LogP contribution in [0.15, 0.2) is 0 Å². The van der Waals surface area contributed by atoms with E-state index in [2.05, 4.69) is 10.6 Å². The van der Waals surface area contributed by atoms with E-state index in [1.165, 1.54) is 19.3 Å². The minimum absolute atomic E-state index is 0.104. The molecule has 1 N–H and O–H groups in total. The molecule has 2 amide bonds. The summed E-state index contributed by atoms with van der Waals surface area (Å²) in [6.45, 7) is 0.760. The third kappa shape index (κ3) is 1.32. The van der Waals surface area contributed by atoms with Gasteiger partial charge in [0.25, 0.3) is 0 Å². The van der Waals surface area contributed by atoms with E-state index < -0.39 is 0 Å². The molecule has 11 heavy (non-hydrogen) atoms. The predicted molar refractivity (Wildman–Crippen MR) is 41.3 cm³/mol. The lowest BCUT2D eigenvalue weighted by Gasteiger charge is -2.35. The Morgan fingerprint density at radius 3 is 3.09 bits per heavy atom. The van der Waals surface area contributed by atoms with Gasteiger partial charge in [-0.3, -0.25) is 0 Å². The fourth-order valence-electron chi connectivity index (χ4n) is 2.02. The monoisotopic (exact) mass is 153 g/mol. The molecule has 61 valence electrons. The van der Waals surface area contributed by atoms with Crippen molar-refractivity contribution in [3.63, 3.8) is 0 Å². The van der Waals surface area contributed by atoms with Gasteiger partial charge >= 0.3 is 6.03 Å². The zero-order valence-electron chi connectivity index (χ0n) is 6.55. The Labute approximate surface area is 66.5 Å². The van der Waals surface area contributed by atoms with Gasteiger partial charge in [0.15, 0.2) is 0 Å². The van der Waals surface area contributed by atoms with E-state index in [1.807, 2.05) is 0 Å². The second-order valence-electron chi connectivity index (χ2n) is 3.44. The minimum atomic E-state index is -0.104. The van der Waals surface area contributed by atoms with Crippen molar-refractivity contribution >= 4 is 6.03 Å². The van der Waals surface area contributed by atoms with Gasteiger partial charge in [-0.15, -0.1) is 0 Å². The fraction of sp³-hybridized carbons (Fsp3) is 0.875. The average Bonchev–Trinajstić information content (AvgIpc) is 2.04. The molecule has 0 aromatic carbocycles. The van der Waals surface area contributed by atoms with Crippen LogP contribution in [0, 0.1) is 5.92 Å². The van der Waals surface area contributed by atoms with E-state index in [9.17, 15) is 4.79 Å². The molecule has 2 unspecified atom stereocenters. The van der Waals surface area contributed by atoms with Crippen LogP contribution in [-0.4, -0.2) is 18.6 Å². The van der Waals surface area contributed by atoms with E-state index in [4.69, 9.17) is 0 Å². The van der Waals surface area contributed by atoms with Gasteiger partial charge in [0.2, 0.25) is 0 Å². The Kier molecular flexibility index (Phi) is 1.72. The summed E-state index contributed by atoms with van der Waals surface area (Å²) in [5.74, 6) is 0.640. The number of hydrogen-bond acceptors (Lipinski definition) is 1. The lowest BCUT2D eigenvalue weighted by molar-refractivity contribution is 0.192. The number of carbonyl (C=O) groups excluding carboxylic acids is 1. The van der Waals surface area contributed by atoms with E-state index in [1.54, 1.807) is 0 Å². The summed E-state index contributed by atoms with van der Waals surface area (Å²) < 4.78 is 0. The van der Waals surface area contributed by atoms with Crippen LogP contribution in [0.2, 0.25) is 0 Å². The number of amides is 2. The van der Waals surface area contributed by atoms with Gasteiger partial charge in [-0.2, -0.15) is 0 Å². The van der Waals surface area contributed by atoms with Crippen LogP contribution in [-0.2, 0) is 0 Å². The van der Waals surface area contributed by atoms with Gasteiger partial charge in [-0.1, -0.05) is 12.8 Å². The second-order valence-corrected chi connectivity index (χ2v) is 3.44. The summed E-state index contributed by atoms with van der Waals surface area (Å²) in [5, 5.41) is 6.78. The molecular formula is C8H13N2O.